The summed E-state index contributed by atoms with van der Waals surface area (Å²) in [7, 11) is -2.15. The first-order valence-electron chi connectivity index (χ1n) is 6.42. The predicted octanol–water partition coefficient (Wildman–Crippen LogP) is 3.00. The molecule has 0 aliphatic carbocycles. The van der Waals surface area contributed by atoms with Crippen LogP contribution in [-0.4, -0.2) is 15.5 Å². The summed E-state index contributed by atoms with van der Waals surface area (Å²) in [5, 5.41) is 8.93. The van der Waals surface area contributed by atoms with Crippen molar-refractivity contribution in [1.82, 2.24) is 0 Å². The summed E-state index contributed by atoms with van der Waals surface area (Å²) in [4.78, 5) is 0.285. The second kappa shape index (κ2) is 5.58. The van der Waals surface area contributed by atoms with Crippen molar-refractivity contribution in [3.05, 3.63) is 59.2 Å². The van der Waals surface area contributed by atoms with Crippen molar-refractivity contribution in [3.8, 4) is 6.07 Å². The fraction of sp³-hybridized carbons (Fsp3) is 0.188. The van der Waals surface area contributed by atoms with Crippen LogP contribution in [0.1, 0.15) is 16.7 Å². The third kappa shape index (κ3) is 2.91. The Morgan fingerprint density at radius 1 is 1.10 bits per heavy atom. The van der Waals surface area contributed by atoms with E-state index in [1.807, 2.05) is 19.1 Å². The number of aryl methyl sites for hydroxylation is 2. The lowest BCUT2D eigenvalue weighted by Gasteiger charge is -2.21. The molecule has 0 aliphatic rings. The zero-order valence-electron chi connectivity index (χ0n) is 12.2. The van der Waals surface area contributed by atoms with Gasteiger partial charge in [0.1, 0.15) is 0 Å². The minimum absolute atomic E-state index is 0.285. The molecule has 0 radical (unpaired) electrons. The fourth-order valence-electron chi connectivity index (χ4n) is 2.04. The molecular weight excluding hydrogens is 284 g/mol. The quantitative estimate of drug-likeness (QED) is 0.875. The van der Waals surface area contributed by atoms with Crippen molar-refractivity contribution in [2.45, 2.75) is 18.7 Å². The molecule has 0 saturated heterocycles. The number of nitrogens with zero attached hydrogens (tertiary/aromatic N) is 2. The summed E-state index contributed by atoms with van der Waals surface area (Å²) >= 11 is 0. The highest BCUT2D eigenvalue weighted by atomic mass is 32.2. The van der Waals surface area contributed by atoms with Crippen molar-refractivity contribution < 1.29 is 8.42 Å². The highest BCUT2D eigenvalue weighted by molar-refractivity contribution is 7.92. The van der Waals surface area contributed by atoms with Gasteiger partial charge in [0, 0.05) is 7.05 Å². The van der Waals surface area contributed by atoms with Gasteiger partial charge in [-0.25, -0.2) is 8.42 Å². The molecule has 0 N–H and O–H groups in total. The average Bonchev–Trinajstić information content (AvgIpc) is 2.48. The van der Waals surface area contributed by atoms with E-state index in [0.29, 0.717) is 16.8 Å². The number of rotatable bonds is 3. The summed E-state index contributed by atoms with van der Waals surface area (Å²) < 4.78 is 26.7. The Labute approximate surface area is 125 Å². The van der Waals surface area contributed by atoms with Gasteiger partial charge in [-0.1, -0.05) is 18.2 Å². The lowest BCUT2D eigenvalue weighted by atomic mass is 10.2. The highest BCUT2D eigenvalue weighted by Gasteiger charge is 2.23. The van der Waals surface area contributed by atoms with Crippen LogP contribution >= 0.6 is 0 Å². The van der Waals surface area contributed by atoms with Crippen molar-refractivity contribution in [3.63, 3.8) is 0 Å². The zero-order valence-corrected chi connectivity index (χ0v) is 13.0. The maximum Gasteiger partial charge on any atom is 0.264 e. The van der Waals surface area contributed by atoms with Gasteiger partial charge in [-0.3, -0.25) is 4.31 Å². The summed E-state index contributed by atoms with van der Waals surface area (Å²) in [6.45, 7) is 3.63. The molecule has 2 aromatic carbocycles. The van der Waals surface area contributed by atoms with E-state index in [2.05, 4.69) is 0 Å². The van der Waals surface area contributed by atoms with Crippen LogP contribution < -0.4 is 4.31 Å². The maximum absolute atomic E-state index is 12.7. The zero-order chi connectivity index (χ0) is 15.6. The minimum atomic E-state index is -3.65. The van der Waals surface area contributed by atoms with E-state index in [1.165, 1.54) is 11.4 Å². The third-order valence-corrected chi connectivity index (χ3v) is 5.25. The van der Waals surface area contributed by atoms with E-state index in [0.717, 1.165) is 5.56 Å². The first kappa shape index (κ1) is 15.1. The molecule has 0 saturated carbocycles. The second-order valence-electron chi connectivity index (χ2n) is 4.90. The van der Waals surface area contributed by atoms with Crippen LogP contribution in [0.5, 0.6) is 0 Å². The molecule has 0 unspecified atom stereocenters. The maximum atomic E-state index is 12.7. The largest absolute Gasteiger partial charge is 0.269 e. The van der Waals surface area contributed by atoms with Gasteiger partial charge in [0.2, 0.25) is 0 Å². The van der Waals surface area contributed by atoms with Gasteiger partial charge in [-0.15, -0.1) is 0 Å². The van der Waals surface area contributed by atoms with E-state index >= 15 is 0 Å². The van der Waals surface area contributed by atoms with Crippen molar-refractivity contribution in [2.75, 3.05) is 11.4 Å². The standard InChI is InChI=1S/C16H16N2O2S/c1-12-7-8-13(2)16(9-12)21(19,20)18(3)15-6-4-5-14(10-15)11-17/h4-10H,1-3H3. The van der Waals surface area contributed by atoms with Crippen LogP contribution in [0.4, 0.5) is 5.69 Å². The SMILES string of the molecule is Cc1ccc(C)c(S(=O)(=O)N(C)c2cccc(C#N)c2)c1. The fourth-order valence-corrected chi connectivity index (χ4v) is 3.54. The molecule has 2 rings (SSSR count). The normalized spacial score (nSPS) is 11.0. The number of anilines is 1. The Bertz CT molecular complexity index is 820. The Kier molecular flexibility index (Phi) is 4.01. The van der Waals surface area contributed by atoms with Crippen molar-refractivity contribution in [1.29, 1.82) is 5.26 Å². The Hall–Kier alpha value is -2.32. The van der Waals surface area contributed by atoms with E-state index in [9.17, 15) is 8.42 Å². The average molecular weight is 300 g/mol. The lowest BCUT2D eigenvalue weighted by molar-refractivity contribution is 0.593. The van der Waals surface area contributed by atoms with E-state index in [4.69, 9.17) is 5.26 Å². The predicted molar refractivity (Wildman–Crippen MR) is 82.7 cm³/mol. The molecule has 0 fully saturated rings. The summed E-state index contributed by atoms with van der Waals surface area (Å²) in [5.41, 5.74) is 2.48. The minimum Gasteiger partial charge on any atom is -0.269 e. The molecular formula is C16H16N2O2S. The van der Waals surface area contributed by atoms with Crippen LogP contribution in [0, 0.1) is 25.2 Å². The molecule has 5 heteroatoms. The first-order chi connectivity index (χ1) is 9.86. The van der Waals surface area contributed by atoms with Gasteiger partial charge in [-0.2, -0.15) is 5.26 Å². The van der Waals surface area contributed by atoms with Gasteiger partial charge >= 0.3 is 0 Å². The van der Waals surface area contributed by atoms with Crippen LogP contribution in [0.2, 0.25) is 0 Å². The highest BCUT2D eigenvalue weighted by Crippen LogP contribution is 2.25. The topological polar surface area (TPSA) is 61.2 Å². The summed E-state index contributed by atoms with van der Waals surface area (Å²) in [6, 6.07) is 13.9. The summed E-state index contributed by atoms with van der Waals surface area (Å²) in [6.07, 6.45) is 0. The molecule has 0 aliphatic heterocycles. The molecule has 0 aromatic heterocycles. The summed E-state index contributed by atoms with van der Waals surface area (Å²) in [5.74, 6) is 0. The number of sulfonamides is 1. The molecule has 2 aromatic rings. The van der Waals surface area contributed by atoms with Crippen LogP contribution in [0.25, 0.3) is 0 Å². The number of benzene rings is 2. The Morgan fingerprint density at radius 3 is 2.48 bits per heavy atom. The molecule has 0 amide bonds. The molecule has 0 spiro atoms. The van der Waals surface area contributed by atoms with Crippen LogP contribution in [0.3, 0.4) is 0 Å². The second-order valence-corrected chi connectivity index (χ2v) is 6.84. The molecule has 4 nitrogen and oxygen atoms in total. The van der Waals surface area contributed by atoms with E-state index in [-0.39, 0.29) is 4.90 Å². The van der Waals surface area contributed by atoms with Gasteiger partial charge in [0.15, 0.2) is 0 Å². The Morgan fingerprint density at radius 2 is 1.81 bits per heavy atom. The number of hydrogen-bond acceptors (Lipinski definition) is 3. The van der Waals surface area contributed by atoms with E-state index < -0.39 is 10.0 Å². The number of hydrogen-bond donors (Lipinski definition) is 0. The third-order valence-electron chi connectivity index (χ3n) is 3.32. The number of nitriles is 1. The van der Waals surface area contributed by atoms with Crippen LogP contribution in [0.15, 0.2) is 47.4 Å². The molecule has 21 heavy (non-hydrogen) atoms. The monoisotopic (exact) mass is 300 g/mol. The molecule has 108 valence electrons. The van der Waals surface area contributed by atoms with Crippen molar-refractivity contribution in [2.24, 2.45) is 0 Å². The smallest absolute Gasteiger partial charge is 0.264 e. The van der Waals surface area contributed by atoms with Crippen molar-refractivity contribution >= 4 is 15.7 Å². The molecule has 0 bridgehead atoms. The lowest BCUT2D eigenvalue weighted by Crippen LogP contribution is -2.27. The van der Waals surface area contributed by atoms with Gasteiger partial charge in [0.05, 0.1) is 22.2 Å². The first-order valence-corrected chi connectivity index (χ1v) is 7.86. The van der Waals surface area contributed by atoms with Crippen LogP contribution in [-0.2, 0) is 10.0 Å². The van der Waals surface area contributed by atoms with Gasteiger partial charge in [-0.05, 0) is 49.2 Å². The Balaban J connectivity index is 2.53. The molecule has 0 heterocycles. The van der Waals surface area contributed by atoms with Gasteiger partial charge in [0.25, 0.3) is 10.0 Å². The molecule has 0 atom stereocenters. The van der Waals surface area contributed by atoms with Gasteiger partial charge < -0.3 is 0 Å². The van der Waals surface area contributed by atoms with E-state index in [1.54, 1.807) is 43.3 Å².